The van der Waals surface area contributed by atoms with Gasteiger partial charge in [0.2, 0.25) is 0 Å². The molecule has 27 heavy (non-hydrogen) atoms. The first-order valence-corrected chi connectivity index (χ1v) is 8.06. The van der Waals surface area contributed by atoms with E-state index in [1.807, 2.05) is 30.3 Å². The Balaban J connectivity index is 1.40. The molecule has 0 atom stereocenters. The van der Waals surface area contributed by atoms with Gasteiger partial charge in [-0.15, -0.1) is 10.2 Å². The lowest BCUT2D eigenvalue weighted by Gasteiger charge is -2.08. The van der Waals surface area contributed by atoms with Crippen molar-refractivity contribution in [2.75, 3.05) is 10.6 Å². The van der Waals surface area contributed by atoms with Gasteiger partial charge in [-0.25, -0.2) is 9.67 Å². The van der Waals surface area contributed by atoms with Crippen molar-refractivity contribution in [1.29, 1.82) is 0 Å². The van der Waals surface area contributed by atoms with Gasteiger partial charge in [0.15, 0.2) is 11.6 Å². The summed E-state index contributed by atoms with van der Waals surface area (Å²) >= 11 is 0. The van der Waals surface area contributed by atoms with Crippen molar-refractivity contribution in [2.45, 2.75) is 0 Å². The molecule has 0 fully saturated rings. The third kappa shape index (κ3) is 3.93. The molecule has 9 heteroatoms. The van der Waals surface area contributed by atoms with Crippen molar-refractivity contribution < 1.29 is 4.79 Å². The fraction of sp³-hybridized carbons (Fsp3) is 0. The monoisotopic (exact) mass is 358 g/mol. The topological polar surface area (TPSA) is 111 Å². The molecule has 1 amide bonds. The average Bonchev–Trinajstić information content (AvgIpc) is 3.26. The van der Waals surface area contributed by atoms with Crippen molar-refractivity contribution in [2.24, 2.45) is 0 Å². The molecule has 2 N–H and O–H groups in total. The summed E-state index contributed by atoms with van der Waals surface area (Å²) in [6, 6.07) is 12.7. The molecule has 4 rings (SSSR count). The van der Waals surface area contributed by atoms with Crippen LogP contribution in [-0.4, -0.2) is 35.9 Å². The second-order valence-electron chi connectivity index (χ2n) is 5.47. The van der Waals surface area contributed by atoms with Crippen LogP contribution in [0.3, 0.4) is 0 Å². The molecule has 132 valence electrons. The molecular weight excluding hydrogens is 344 g/mol. The zero-order valence-electron chi connectivity index (χ0n) is 14.0. The van der Waals surface area contributed by atoms with E-state index in [0.717, 1.165) is 5.69 Å². The molecule has 0 radical (unpaired) electrons. The summed E-state index contributed by atoms with van der Waals surface area (Å²) in [6.45, 7) is 0. The minimum Gasteiger partial charge on any atom is -0.339 e. The molecule has 0 aliphatic rings. The van der Waals surface area contributed by atoms with Gasteiger partial charge in [-0.2, -0.15) is 5.10 Å². The molecule has 0 spiro atoms. The Morgan fingerprint density at radius 3 is 2.44 bits per heavy atom. The van der Waals surface area contributed by atoms with Crippen LogP contribution in [0.25, 0.3) is 5.82 Å². The van der Waals surface area contributed by atoms with Crippen LogP contribution >= 0.6 is 0 Å². The van der Waals surface area contributed by atoms with Gasteiger partial charge in [0, 0.05) is 36.2 Å². The molecule has 3 heterocycles. The average molecular weight is 358 g/mol. The van der Waals surface area contributed by atoms with Gasteiger partial charge in [-0.05, 0) is 42.5 Å². The summed E-state index contributed by atoms with van der Waals surface area (Å²) in [5, 5.41) is 18.3. The predicted octanol–water partition coefficient (Wildman–Crippen LogP) is 2.45. The third-order valence-corrected chi connectivity index (χ3v) is 3.60. The van der Waals surface area contributed by atoms with Gasteiger partial charge >= 0.3 is 0 Å². The lowest BCUT2D eigenvalue weighted by atomic mass is 10.2. The van der Waals surface area contributed by atoms with E-state index in [2.05, 4.69) is 35.9 Å². The van der Waals surface area contributed by atoms with Crippen LogP contribution in [0.1, 0.15) is 10.5 Å². The quantitative estimate of drug-likeness (QED) is 0.564. The van der Waals surface area contributed by atoms with Crippen molar-refractivity contribution in [3.63, 3.8) is 0 Å². The highest BCUT2D eigenvalue weighted by Crippen LogP contribution is 2.18. The zero-order chi connectivity index (χ0) is 18.5. The van der Waals surface area contributed by atoms with E-state index in [1.165, 1.54) is 18.6 Å². The van der Waals surface area contributed by atoms with Gasteiger partial charge in [-0.1, -0.05) is 0 Å². The van der Waals surface area contributed by atoms with E-state index in [1.54, 1.807) is 29.2 Å². The Morgan fingerprint density at radius 1 is 0.926 bits per heavy atom. The lowest BCUT2D eigenvalue weighted by molar-refractivity contribution is 0.102. The third-order valence-electron chi connectivity index (χ3n) is 3.60. The summed E-state index contributed by atoms with van der Waals surface area (Å²) in [5.74, 6) is 0.916. The van der Waals surface area contributed by atoms with Crippen molar-refractivity contribution in [3.8, 4) is 5.82 Å². The number of nitrogens with one attached hydrogen (secondary N) is 2. The maximum Gasteiger partial charge on any atom is 0.275 e. The van der Waals surface area contributed by atoms with Gasteiger partial charge in [0.25, 0.3) is 5.91 Å². The zero-order valence-corrected chi connectivity index (χ0v) is 14.0. The first-order chi connectivity index (χ1) is 13.3. The van der Waals surface area contributed by atoms with E-state index in [9.17, 15) is 4.79 Å². The largest absolute Gasteiger partial charge is 0.339 e. The van der Waals surface area contributed by atoms with Crippen LogP contribution in [0.2, 0.25) is 0 Å². The summed E-state index contributed by atoms with van der Waals surface area (Å²) in [7, 11) is 0. The number of hydrogen-bond donors (Lipinski definition) is 2. The number of carbonyl (C=O) groups excluding carboxylic acids is 1. The second-order valence-corrected chi connectivity index (χ2v) is 5.47. The molecule has 3 aromatic heterocycles. The van der Waals surface area contributed by atoms with Crippen LogP contribution in [0.15, 0.2) is 73.4 Å². The maximum absolute atomic E-state index is 12.1. The van der Waals surface area contributed by atoms with E-state index in [0.29, 0.717) is 17.3 Å². The molecular formula is C18H14N8O. The first-order valence-electron chi connectivity index (χ1n) is 8.06. The summed E-state index contributed by atoms with van der Waals surface area (Å²) in [5.41, 5.74) is 1.72. The Hall–Kier alpha value is -4.14. The lowest BCUT2D eigenvalue weighted by Crippen LogP contribution is -2.13. The molecule has 1 aromatic carbocycles. The minimum atomic E-state index is -0.316. The van der Waals surface area contributed by atoms with Gasteiger partial charge < -0.3 is 10.6 Å². The summed E-state index contributed by atoms with van der Waals surface area (Å²) in [4.78, 5) is 19.9. The highest BCUT2D eigenvalue weighted by atomic mass is 16.1. The summed E-state index contributed by atoms with van der Waals surface area (Å²) < 4.78 is 1.63. The minimum absolute atomic E-state index is 0.257. The second kappa shape index (κ2) is 7.40. The Bertz CT molecular complexity index is 1020. The van der Waals surface area contributed by atoms with Crippen LogP contribution in [0.5, 0.6) is 0 Å². The molecule has 0 aliphatic heterocycles. The molecule has 0 unspecified atom stereocenters. The van der Waals surface area contributed by atoms with Crippen molar-refractivity contribution in [1.82, 2.24) is 29.9 Å². The number of anilines is 3. The van der Waals surface area contributed by atoms with E-state index < -0.39 is 0 Å². The summed E-state index contributed by atoms with van der Waals surface area (Å²) in [6.07, 6.45) is 7.88. The fourth-order valence-electron chi connectivity index (χ4n) is 2.31. The first kappa shape index (κ1) is 16.3. The van der Waals surface area contributed by atoms with Gasteiger partial charge in [-0.3, -0.25) is 9.78 Å². The Kier molecular flexibility index (Phi) is 4.48. The van der Waals surface area contributed by atoms with Crippen LogP contribution < -0.4 is 10.6 Å². The normalized spacial score (nSPS) is 10.4. The number of benzene rings is 1. The molecule has 9 nitrogen and oxygen atoms in total. The van der Waals surface area contributed by atoms with E-state index in [-0.39, 0.29) is 11.6 Å². The Morgan fingerprint density at radius 2 is 1.78 bits per heavy atom. The number of rotatable bonds is 5. The highest BCUT2D eigenvalue weighted by molar-refractivity contribution is 6.02. The highest BCUT2D eigenvalue weighted by Gasteiger charge is 2.07. The maximum atomic E-state index is 12.1. The predicted molar refractivity (Wildman–Crippen MR) is 98.9 cm³/mol. The fourth-order valence-corrected chi connectivity index (χ4v) is 2.31. The molecule has 0 saturated carbocycles. The number of nitrogens with zero attached hydrogens (tertiary/aromatic N) is 6. The number of hydrogen-bond acceptors (Lipinski definition) is 7. The van der Waals surface area contributed by atoms with Crippen LogP contribution in [-0.2, 0) is 0 Å². The smallest absolute Gasteiger partial charge is 0.275 e. The SMILES string of the molecule is O=C(Nc1ccc(Nc2ccc(-n3cccn3)nn2)cc1)c1cnccn1. The Labute approximate surface area is 154 Å². The van der Waals surface area contributed by atoms with Crippen LogP contribution in [0, 0.1) is 0 Å². The van der Waals surface area contributed by atoms with E-state index in [4.69, 9.17) is 0 Å². The number of aromatic nitrogens is 6. The molecule has 4 aromatic rings. The van der Waals surface area contributed by atoms with Gasteiger partial charge in [0.05, 0.1) is 6.20 Å². The molecule has 0 saturated heterocycles. The molecule has 0 aliphatic carbocycles. The van der Waals surface area contributed by atoms with E-state index >= 15 is 0 Å². The van der Waals surface area contributed by atoms with Crippen molar-refractivity contribution in [3.05, 3.63) is 79.1 Å². The van der Waals surface area contributed by atoms with Crippen molar-refractivity contribution >= 4 is 23.1 Å². The van der Waals surface area contributed by atoms with Crippen LogP contribution in [0.4, 0.5) is 17.2 Å². The number of amides is 1. The number of carbonyl (C=O) groups is 1. The molecule has 0 bridgehead atoms. The van der Waals surface area contributed by atoms with Gasteiger partial charge in [0.1, 0.15) is 5.69 Å². The standard InChI is InChI=1S/C18H14N8O/c27-18(15-12-19-9-10-20-15)23-14-4-2-13(3-5-14)22-16-6-7-17(25-24-16)26-11-1-8-21-26/h1-12H,(H,22,24)(H,23,27).